The van der Waals surface area contributed by atoms with Gasteiger partial charge in [-0.15, -0.1) is 0 Å². The van der Waals surface area contributed by atoms with Gasteiger partial charge in [0.1, 0.15) is 0 Å². The number of rotatable bonds is 4. The first-order valence-corrected chi connectivity index (χ1v) is 5.87. The third-order valence-corrected chi connectivity index (χ3v) is 3.00. The number of nitrogens with zero attached hydrogens (tertiary/aromatic N) is 2. The van der Waals surface area contributed by atoms with Crippen LogP contribution in [0.3, 0.4) is 0 Å². The number of aromatic nitrogens is 2. The average molecular weight is 239 g/mol. The van der Waals surface area contributed by atoms with E-state index in [1.54, 1.807) is 10.7 Å². The summed E-state index contributed by atoms with van der Waals surface area (Å²) in [5, 5.41) is 25.1. The number of aliphatic hydroxyl groups is 1. The lowest BCUT2D eigenvalue weighted by molar-refractivity contribution is 0.0689. The Bertz CT molecular complexity index is 403. The van der Waals surface area contributed by atoms with Crippen molar-refractivity contribution in [3.8, 4) is 0 Å². The van der Waals surface area contributed by atoms with Gasteiger partial charge < -0.3 is 15.5 Å². The maximum absolute atomic E-state index is 10.9. The standard InChI is InChI=1S/C11H17N3O3/c15-6-4-12-8-3-1-2-5-14-10(8)7-9(13-14)11(16)17/h7-8,12,15H,1-6H2,(H,16,17). The Hall–Kier alpha value is -1.40. The summed E-state index contributed by atoms with van der Waals surface area (Å²) >= 11 is 0. The fourth-order valence-electron chi connectivity index (χ4n) is 2.20. The molecule has 1 aromatic rings. The maximum Gasteiger partial charge on any atom is 0.356 e. The van der Waals surface area contributed by atoms with E-state index in [0.717, 1.165) is 31.5 Å². The van der Waals surface area contributed by atoms with E-state index in [-0.39, 0.29) is 18.3 Å². The molecule has 1 atom stereocenters. The summed E-state index contributed by atoms with van der Waals surface area (Å²) in [5.74, 6) is -0.994. The molecule has 94 valence electrons. The molecule has 6 heteroatoms. The molecule has 0 saturated heterocycles. The molecule has 17 heavy (non-hydrogen) atoms. The fourth-order valence-corrected chi connectivity index (χ4v) is 2.20. The van der Waals surface area contributed by atoms with E-state index in [1.807, 2.05) is 0 Å². The van der Waals surface area contributed by atoms with Gasteiger partial charge in [0.05, 0.1) is 12.3 Å². The molecule has 0 bridgehead atoms. The summed E-state index contributed by atoms with van der Waals surface area (Å²) in [6.45, 7) is 1.36. The Kier molecular flexibility index (Phi) is 3.75. The Labute approximate surface area is 99.3 Å². The molecule has 2 rings (SSSR count). The molecule has 0 spiro atoms. The summed E-state index contributed by atoms with van der Waals surface area (Å²) in [6.07, 6.45) is 3.03. The van der Waals surface area contributed by atoms with E-state index in [0.29, 0.717) is 6.54 Å². The molecule has 1 aliphatic rings. The minimum Gasteiger partial charge on any atom is -0.476 e. The molecule has 3 N–H and O–H groups in total. The van der Waals surface area contributed by atoms with E-state index in [1.165, 1.54) is 0 Å². The molecular formula is C11H17N3O3. The number of fused-ring (bicyclic) bond motifs is 1. The Morgan fingerprint density at radius 1 is 1.59 bits per heavy atom. The number of carbonyl (C=O) groups is 1. The van der Waals surface area contributed by atoms with Crippen molar-refractivity contribution in [3.05, 3.63) is 17.5 Å². The van der Waals surface area contributed by atoms with Crippen molar-refractivity contribution in [1.29, 1.82) is 0 Å². The normalized spacial score (nSPS) is 19.7. The smallest absolute Gasteiger partial charge is 0.356 e. The zero-order valence-corrected chi connectivity index (χ0v) is 9.59. The third kappa shape index (κ3) is 2.65. The summed E-state index contributed by atoms with van der Waals surface area (Å²) in [5.41, 5.74) is 1.01. The van der Waals surface area contributed by atoms with Gasteiger partial charge >= 0.3 is 5.97 Å². The Morgan fingerprint density at radius 3 is 3.12 bits per heavy atom. The highest BCUT2D eigenvalue weighted by atomic mass is 16.4. The molecule has 6 nitrogen and oxygen atoms in total. The van der Waals surface area contributed by atoms with Crippen LogP contribution in [0.2, 0.25) is 0 Å². The molecule has 0 saturated carbocycles. The zero-order chi connectivity index (χ0) is 12.3. The molecular weight excluding hydrogens is 222 g/mol. The van der Waals surface area contributed by atoms with Gasteiger partial charge in [0.2, 0.25) is 0 Å². The third-order valence-electron chi connectivity index (χ3n) is 3.00. The SMILES string of the molecule is O=C(O)c1cc2n(n1)CCCCC2NCCO. The first kappa shape index (κ1) is 12.1. The van der Waals surface area contributed by atoms with E-state index in [2.05, 4.69) is 10.4 Å². The van der Waals surface area contributed by atoms with Gasteiger partial charge in [-0.05, 0) is 25.3 Å². The number of carboxylic acids is 1. The Morgan fingerprint density at radius 2 is 2.41 bits per heavy atom. The molecule has 2 heterocycles. The number of aryl methyl sites for hydroxylation is 1. The highest BCUT2D eigenvalue weighted by Gasteiger charge is 2.22. The topological polar surface area (TPSA) is 87.4 Å². The van der Waals surface area contributed by atoms with Gasteiger partial charge in [0, 0.05) is 19.1 Å². The number of aliphatic hydroxyl groups excluding tert-OH is 1. The second-order valence-electron chi connectivity index (χ2n) is 4.21. The summed E-state index contributed by atoms with van der Waals surface area (Å²) in [6, 6.07) is 1.72. The van der Waals surface area contributed by atoms with Gasteiger partial charge in [0.25, 0.3) is 0 Å². The quantitative estimate of drug-likeness (QED) is 0.707. The number of hydrogen-bond acceptors (Lipinski definition) is 4. The number of nitrogens with one attached hydrogen (secondary N) is 1. The van der Waals surface area contributed by atoms with Crippen molar-refractivity contribution in [1.82, 2.24) is 15.1 Å². The molecule has 0 aromatic carbocycles. The van der Waals surface area contributed by atoms with Gasteiger partial charge in [-0.3, -0.25) is 4.68 Å². The molecule has 1 aromatic heterocycles. The highest BCUT2D eigenvalue weighted by molar-refractivity contribution is 5.85. The first-order chi connectivity index (χ1) is 8.22. The van der Waals surface area contributed by atoms with Crippen LogP contribution in [0, 0.1) is 0 Å². The van der Waals surface area contributed by atoms with E-state index >= 15 is 0 Å². The lowest BCUT2D eigenvalue weighted by atomic mass is 10.1. The molecule has 1 aliphatic heterocycles. The van der Waals surface area contributed by atoms with Crippen LogP contribution in [0.1, 0.15) is 41.5 Å². The van der Waals surface area contributed by atoms with Gasteiger partial charge in [-0.2, -0.15) is 5.10 Å². The summed E-state index contributed by atoms with van der Waals surface area (Å²) in [4.78, 5) is 10.9. The van der Waals surface area contributed by atoms with Crippen LogP contribution >= 0.6 is 0 Å². The lowest BCUT2D eigenvalue weighted by Crippen LogP contribution is -2.25. The molecule has 1 unspecified atom stereocenters. The van der Waals surface area contributed by atoms with Crippen LogP contribution in [0.25, 0.3) is 0 Å². The van der Waals surface area contributed by atoms with Crippen LogP contribution in [0.15, 0.2) is 6.07 Å². The molecule has 0 radical (unpaired) electrons. The van der Waals surface area contributed by atoms with Gasteiger partial charge in [-0.25, -0.2) is 4.79 Å². The van der Waals surface area contributed by atoms with E-state index in [9.17, 15) is 4.79 Å². The minimum absolute atomic E-state index is 0.0798. The van der Waals surface area contributed by atoms with Crippen LogP contribution in [0.4, 0.5) is 0 Å². The fraction of sp³-hybridized carbons (Fsp3) is 0.636. The minimum atomic E-state index is -0.994. The first-order valence-electron chi connectivity index (χ1n) is 5.87. The number of hydrogen-bond donors (Lipinski definition) is 3. The van der Waals surface area contributed by atoms with Crippen LogP contribution in [-0.2, 0) is 6.54 Å². The second kappa shape index (κ2) is 5.29. The van der Waals surface area contributed by atoms with Gasteiger partial charge in [-0.1, -0.05) is 0 Å². The van der Waals surface area contributed by atoms with Crippen molar-refractivity contribution in [2.24, 2.45) is 0 Å². The van der Waals surface area contributed by atoms with Crippen molar-refractivity contribution >= 4 is 5.97 Å². The average Bonchev–Trinajstić information content (AvgIpc) is 2.64. The largest absolute Gasteiger partial charge is 0.476 e. The van der Waals surface area contributed by atoms with Crippen molar-refractivity contribution in [2.45, 2.75) is 31.8 Å². The molecule has 0 amide bonds. The second-order valence-corrected chi connectivity index (χ2v) is 4.21. The van der Waals surface area contributed by atoms with E-state index in [4.69, 9.17) is 10.2 Å². The predicted molar refractivity (Wildman–Crippen MR) is 60.9 cm³/mol. The van der Waals surface area contributed by atoms with Crippen LogP contribution in [-0.4, -0.2) is 39.1 Å². The summed E-state index contributed by atoms with van der Waals surface area (Å²) < 4.78 is 1.77. The molecule has 0 fully saturated rings. The van der Waals surface area contributed by atoms with Crippen LogP contribution in [0.5, 0.6) is 0 Å². The molecule has 0 aliphatic carbocycles. The predicted octanol–water partition coefficient (Wildman–Crippen LogP) is 0.388. The van der Waals surface area contributed by atoms with E-state index < -0.39 is 5.97 Å². The van der Waals surface area contributed by atoms with Crippen molar-refractivity contribution in [3.63, 3.8) is 0 Å². The number of carboxylic acid groups (broad SMARTS) is 1. The lowest BCUT2D eigenvalue weighted by Gasteiger charge is -2.16. The Balaban J connectivity index is 2.23. The van der Waals surface area contributed by atoms with Crippen molar-refractivity contribution < 1.29 is 15.0 Å². The highest BCUT2D eigenvalue weighted by Crippen LogP contribution is 2.24. The van der Waals surface area contributed by atoms with Gasteiger partial charge in [0.15, 0.2) is 5.69 Å². The van der Waals surface area contributed by atoms with Crippen molar-refractivity contribution in [2.75, 3.05) is 13.2 Å². The monoisotopic (exact) mass is 239 g/mol. The maximum atomic E-state index is 10.9. The zero-order valence-electron chi connectivity index (χ0n) is 9.59. The summed E-state index contributed by atoms with van der Waals surface area (Å²) in [7, 11) is 0. The number of aromatic carboxylic acids is 1. The van der Waals surface area contributed by atoms with Crippen LogP contribution < -0.4 is 5.32 Å².